The van der Waals surface area contributed by atoms with E-state index in [-0.39, 0.29) is 35.2 Å². The Morgan fingerprint density at radius 2 is 2.08 bits per heavy atom. The number of benzene rings is 1. The minimum absolute atomic E-state index is 0.0961. The van der Waals surface area contributed by atoms with Crippen LogP contribution in [-0.2, 0) is 4.74 Å². The molecule has 0 radical (unpaired) electrons. The van der Waals surface area contributed by atoms with Crippen LogP contribution in [0.5, 0.6) is 0 Å². The SMILES string of the molecule is COC(=O)N1CCN(c2nc(-c3cc(F)c(C)c(NC(=O)c4cnc5ccccn45)c3)no2)C(C)C1. The number of fused-ring (bicyclic) bond motifs is 1. The first-order valence-corrected chi connectivity index (χ1v) is 11.3. The molecule has 36 heavy (non-hydrogen) atoms. The molecule has 4 heterocycles. The molecule has 1 aliphatic rings. The fourth-order valence-electron chi connectivity index (χ4n) is 4.21. The summed E-state index contributed by atoms with van der Waals surface area (Å²) in [6.45, 7) is 4.85. The summed E-state index contributed by atoms with van der Waals surface area (Å²) in [5.41, 5.74) is 1.85. The van der Waals surface area contributed by atoms with Gasteiger partial charge >= 0.3 is 12.1 Å². The van der Waals surface area contributed by atoms with Crippen molar-refractivity contribution in [3.05, 3.63) is 59.8 Å². The minimum Gasteiger partial charge on any atom is -0.453 e. The third-order valence-electron chi connectivity index (χ3n) is 6.22. The molecule has 1 aliphatic heterocycles. The Bertz CT molecular complexity index is 1450. The van der Waals surface area contributed by atoms with Gasteiger partial charge in [0.2, 0.25) is 5.82 Å². The van der Waals surface area contributed by atoms with Crippen molar-refractivity contribution in [2.75, 3.05) is 37.0 Å². The lowest BCUT2D eigenvalue weighted by Gasteiger charge is -2.37. The number of halogens is 1. The van der Waals surface area contributed by atoms with Gasteiger partial charge < -0.3 is 24.4 Å². The zero-order chi connectivity index (χ0) is 25.4. The standard InChI is InChI=1S/C24H24FN7O4/c1-14-13-30(24(34)35-3)8-9-31(14)23-28-21(29-36-23)16-10-17(25)15(2)18(11-16)27-22(33)19-12-26-20-6-4-5-7-32(19)20/h4-7,10-12,14H,8-9,13H2,1-3H3,(H,27,33). The quantitative estimate of drug-likeness (QED) is 0.460. The monoisotopic (exact) mass is 493 g/mol. The summed E-state index contributed by atoms with van der Waals surface area (Å²) in [4.78, 5) is 36.9. The minimum atomic E-state index is -0.521. The van der Waals surface area contributed by atoms with Gasteiger partial charge in [0.25, 0.3) is 5.91 Å². The molecule has 1 saturated heterocycles. The second kappa shape index (κ2) is 9.29. The largest absolute Gasteiger partial charge is 0.453 e. The lowest BCUT2D eigenvalue weighted by Crippen LogP contribution is -2.53. The molecule has 0 saturated carbocycles. The molecule has 186 valence electrons. The number of nitrogens with one attached hydrogen (secondary N) is 1. The van der Waals surface area contributed by atoms with Gasteiger partial charge in [0.05, 0.1) is 13.3 Å². The lowest BCUT2D eigenvalue weighted by atomic mass is 10.1. The van der Waals surface area contributed by atoms with E-state index in [0.29, 0.717) is 36.5 Å². The number of methoxy groups -OCH3 is 1. The van der Waals surface area contributed by atoms with E-state index in [1.54, 1.807) is 40.6 Å². The first-order valence-electron chi connectivity index (χ1n) is 11.3. The Morgan fingerprint density at radius 1 is 1.25 bits per heavy atom. The highest BCUT2D eigenvalue weighted by atomic mass is 19.1. The van der Waals surface area contributed by atoms with Gasteiger partial charge in [-0.3, -0.25) is 9.20 Å². The van der Waals surface area contributed by atoms with Crippen molar-refractivity contribution < 1.29 is 23.2 Å². The molecular formula is C24H24FN7O4. The molecule has 2 amide bonds. The van der Waals surface area contributed by atoms with Gasteiger partial charge in [-0.05, 0) is 38.1 Å². The number of rotatable bonds is 4. The summed E-state index contributed by atoms with van der Waals surface area (Å²) >= 11 is 0. The number of carbonyl (C=O) groups is 2. The highest BCUT2D eigenvalue weighted by Gasteiger charge is 2.30. The zero-order valence-corrected chi connectivity index (χ0v) is 19.9. The second-order valence-electron chi connectivity index (χ2n) is 8.52. The van der Waals surface area contributed by atoms with Crippen LogP contribution in [0.2, 0.25) is 0 Å². The maximum atomic E-state index is 14.8. The van der Waals surface area contributed by atoms with Crippen molar-refractivity contribution in [2.24, 2.45) is 0 Å². The average Bonchev–Trinajstić information content (AvgIpc) is 3.54. The number of aromatic nitrogens is 4. The fourth-order valence-corrected chi connectivity index (χ4v) is 4.21. The third-order valence-corrected chi connectivity index (χ3v) is 6.22. The maximum absolute atomic E-state index is 14.8. The van der Waals surface area contributed by atoms with Crippen molar-refractivity contribution in [2.45, 2.75) is 19.9 Å². The Labute approximate surface area is 205 Å². The van der Waals surface area contributed by atoms with Gasteiger partial charge in [-0.1, -0.05) is 11.2 Å². The van der Waals surface area contributed by atoms with Crippen LogP contribution in [0.15, 0.2) is 47.2 Å². The van der Waals surface area contributed by atoms with Crippen molar-refractivity contribution in [1.29, 1.82) is 0 Å². The lowest BCUT2D eigenvalue weighted by molar-refractivity contribution is 0.102. The van der Waals surface area contributed by atoms with E-state index < -0.39 is 11.7 Å². The number of anilines is 2. The summed E-state index contributed by atoms with van der Waals surface area (Å²) in [5.74, 6) is -0.774. The Morgan fingerprint density at radius 3 is 2.86 bits per heavy atom. The van der Waals surface area contributed by atoms with Gasteiger partial charge in [0.1, 0.15) is 17.2 Å². The van der Waals surface area contributed by atoms with E-state index in [4.69, 9.17) is 9.26 Å². The summed E-state index contributed by atoms with van der Waals surface area (Å²) < 4.78 is 26.7. The Kier molecular flexibility index (Phi) is 6.00. The normalized spacial score (nSPS) is 15.8. The Balaban J connectivity index is 1.38. The van der Waals surface area contributed by atoms with Crippen molar-refractivity contribution >= 4 is 29.3 Å². The van der Waals surface area contributed by atoms with Crippen LogP contribution in [0, 0.1) is 12.7 Å². The number of nitrogens with zero attached hydrogens (tertiary/aromatic N) is 6. The predicted octanol–water partition coefficient (Wildman–Crippen LogP) is 3.36. The van der Waals surface area contributed by atoms with E-state index in [1.165, 1.54) is 19.4 Å². The van der Waals surface area contributed by atoms with Crippen LogP contribution in [0.1, 0.15) is 23.0 Å². The molecule has 4 aromatic rings. The average molecular weight is 493 g/mol. The molecule has 3 aromatic heterocycles. The van der Waals surface area contributed by atoms with Crippen molar-refractivity contribution in [3.63, 3.8) is 0 Å². The number of ether oxygens (including phenoxy) is 1. The number of carbonyl (C=O) groups excluding carboxylic acids is 2. The topological polar surface area (TPSA) is 118 Å². The van der Waals surface area contributed by atoms with Crippen LogP contribution >= 0.6 is 0 Å². The van der Waals surface area contributed by atoms with Crippen molar-refractivity contribution in [3.8, 4) is 11.4 Å². The molecule has 12 heteroatoms. The summed E-state index contributed by atoms with van der Waals surface area (Å²) in [6, 6.07) is 8.47. The number of piperazine rings is 1. The first kappa shape index (κ1) is 23.3. The van der Waals surface area contributed by atoms with Crippen LogP contribution in [0.3, 0.4) is 0 Å². The van der Waals surface area contributed by atoms with Gasteiger partial charge in [0.15, 0.2) is 0 Å². The van der Waals surface area contributed by atoms with Gasteiger partial charge in [-0.2, -0.15) is 4.98 Å². The molecule has 0 bridgehead atoms. The van der Waals surface area contributed by atoms with Gasteiger partial charge in [0, 0.05) is 48.7 Å². The smallest absolute Gasteiger partial charge is 0.409 e. The highest BCUT2D eigenvalue weighted by molar-refractivity contribution is 6.04. The molecule has 0 spiro atoms. The maximum Gasteiger partial charge on any atom is 0.409 e. The molecule has 11 nitrogen and oxygen atoms in total. The summed E-state index contributed by atoms with van der Waals surface area (Å²) in [7, 11) is 1.35. The molecule has 1 N–H and O–H groups in total. The number of hydrogen-bond acceptors (Lipinski definition) is 8. The van der Waals surface area contributed by atoms with E-state index in [1.807, 2.05) is 17.9 Å². The van der Waals surface area contributed by atoms with Gasteiger partial charge in [-0.25, -0.2) is 14.2 Å². The van der Waals surface area contributed by atoms with Gasteiger partial charge in [-0.15, -0.1) is 0 Å². The summed E-state index contributed by atoms with van der Waals surface area (Å²) in [5, 5.41) is 6.79. The molecule has 0 aliphatic carbocycles. The van der Waals surface area contributed by atoms with Crippen LogP contribution in [-0.4, -0.2) is 69.2 Å². The number of amides is 2. The molecule has 1 fully saturated rings. The predicted molar refractivity (Wildman–Crippen MR) is 128 cm³/mol. The summed E-state index contributed by atoms with van der Waals surface area (Å²) in [6.07, 6.45) is 2.81. The van der Waals surface area contributed by atoms with Crippen molar-refractivity contribution in [1.82, 2.24) is 24.4 Å². The number of imidazole rings is 1. The molecule has 5 rings (SSSR count). The fraction of sp³-hybridized carbons (Fsp3) is 0.292. The van der Waals surface area contributed by atoms with E-state index >= 15 is 0 Å². The molecule has 1 atom stereocenters. The molecule has 1 unspecified atom stereocenters. The number of hydrogen-bond donors (Lipinski definition) is 1. The van der Waals surface area contributed by atoms with Crippen LogP contribution in [0.25, 0.3) is 17.0 Å². The third kappa shape index (κ3) is 4.21. The van der Waals surface area contributed by atoms with Crippen LogP contribution < -0.4 is 10.2 Å². The highest BCUT2D eigenvalue weighted by Crippen LogP contribution is 2.29. The van der Waals surface area contributed by atoms with E-state index in [2.05, 4.69) is 20.4 Å². The second-order valence-corrected chi connectivity index (χ2v) is 8.52. The zero-order valence-electron chi connectivity index (χ0n) is 19.9. The molecule has 1 aromatic carbocycles. The first-order chi connectivity index (χ1) is 17.4. The number of pyridine rings is 1. The molecular weight excluding hydrogens is 469 g/mol. The van der Waals surface area contributed by atoms with E-state index in [0.717, 1.165) is 0 Å². The van der Waals surface area contributed by atoms with E-state index in [9.17, 15) is 14.0 Å². The van der Waals surface area contributed by atoms with Crippen LogP contribution in [0.4, 0.5) is 20.9 Å². The Hall–Kier alpha value is -4.48.